The summed E-state index contributed by atoms with van der Waals surface area (Å²) in [5, 5.41) is 3.67. The molecule has 3 rings (SSSR count). The fraction of sp³-hybridized carbons (Fsp3) is 0. The number of benzene rings is 2. The van der Waals surface area contributed by atoms with Crippen molar-refractivity contribution in [3.8, 4) is 0 Å². The summed E-state index contributed by atoms with van der Waals surface area (Å²) in [5.74, 6) is -0.743. The summed E-state index contributed by atoms with van der Waals surface area (Å²) in [6.07, 6.45) is 0. The smallest absolute Gasteiger partial charge is 0.265 e. The summed E-state index contributed by atoms with van der Waals surface area (Å²) >= 11 is 1.40. The van der Waals surface area contributed by atoms with Crippen molar-refractivity contribution in [1.82, 2.24) is 0 Å². The van der Waals surface area contributed by atoms with Gasteiger partial charge in [0.1, 0.15) is 5.82 Å². The van der Waals surface area contributed by atoms with Crippen molar-refractivity contribution in [2.75, 3.05) is 11.1 Å². The Bertz CT molecular complexity index is 744. The molecule has 0 bridgehead atoms. The molecule has 0 fully saturated rings. The molecule has 3 nitrogen and oxygen atoms in total. The Morgan fingerprint density at radius 3 is 2.70 bits per heavy atom. The minimum absolute atomic E-state index is 0.267. The highest BCUT2D eigenvalue weighted by atomic mass is 32.1. The number of carbonyl (C=O) groups is 1. The number of hydrogen-bond acceptors (Lipinski definition) is 3. The second-order valence-corrected chi connectivity index (χ2v) is 5.46. The van der Waals surface area contributed by atoms with Crippen LogP contribution in [0.2, 0.25) is 0 Å². The summed E-state index contributed by atoms with van der Waals surface area (Å²) in [6, 6.07) is 13.5. The van der Waals surface area contributed by atoms with Crippen LogP contribution in [0.3, 0.4) is 0 Å². The van der Waals surface area contributed by atoms with Gasteiger partial charge >= 0.3 is 0 Å². The van der Waals surface area contributed by atoms with E-state index in [9.17, 15) is 9.18 Å². The molecule has 1 amide bonds. The van der Waals surface area contributed by atoms with E-state index in [1.54, 1.807) is 0 Å². The summed E-state index contributed by atoms with van der Waals surface area (Å²) in [7, 11) is 0. The van der Waals surface area contributed by atoms with E-state index in [0.29, 0.717) is 10.6 Å². The third-order valence-electron chi connectivity index (χ3n) is 2.83. The highest BCUT2D eigenvalue weighted by molar-refractivity contribution is 7.20. The maximum Gasteiger partial charge on any atom is 0.265 e. The van der Waals surface area contributed by atoms with E-state index in [1.165, 1.54) is 29.5 Å². The van der Waals surface area contributed by atoms with Gasteiger partial charge in [-0.15, -0.1) is 11.3 Å². The number of nitrogens with two attached hydrogens (primary N) is 1. The first-order valence-electron chi connectivity index (χ1n) is 5.98. The monoisotopic (exact) mass is 286 g/mol. The van der Waals surface area contributed by atoms with Crippen LogP contribution >= 0.6 is 11.3 Å². The number of fused-ring (bicyclic) bond motifs is 1. The summed E-state index contributed by atoms with van der Waals surface area (Å²) in [5.41, 5.74) is 6.17. The second kappa shape index (κ2) is 4.94. The van der Waals surface area contributed by atoms with Gasteiger partial charge < -0.3 is 11.1 Å². The first kappa shape index (κ1) is 12.6. The molecule has 0 spiro atoms. The van der Waals surface area contributed by atoms with Crippen LogP contribution in [0.15, 0.2) is 48.5 Å². The third-order valence-corrected chi connectivity index (χ3v) is 3.94. The number of hydrogen-bond donors (Lipinski definition) is 2. The van der Waals surface area contributed by atoms with Crippen LogP contribution in [0.1, 0.15) is 9.67 Å². The molecule has 0 aliphatic heterocycles. The lowest BCUT2D eigenvalue weighted by atomic mass is 10.2. The fourth-order valence-electron chi connectivity index (χ4n) is 1.97. The molecule has 3 aromatic rings. The van der Waals surface area contributed by atoms with Gasteiger partial charge in [-0.1, -0.05) is 18.2 Å². The van der Waals surface area contributed by atoms with Crippen molar-refractivity contribution < 1.29 is 9.18 Å². The zero-order valence-electron chi connectivity index (χ0n) is 10.4. The van der Waals surface area contributed by atoms with Crippen LogP contribution in [0, 0.1) is 5.82 Å². The molecule has 2 aromatic carbocycles. The molecular weight excluding hydrogens is 275 g/mol. The van der Waals surface area contributed by atoms with E-state index in [2.05, 4.69) is 5.32 Å². The lowest BCUT2D eigenvalue weighted by Gasteiger charge is -2.04. The number of carbonyl (C=O) groups excluding carboxylic acids is 1. The maximum atomic E-state index is 13.2. The first-order chi connectivity index (χ1) is 9.61. The maximum absolute atomic E-state index is 13.2. The molecule has 1 heterocycles. The zero-order valence-corrected chi connectivity index (χ0v) is 11.2. The number of anilines is 2. The van der Waals surface area contributed by atoms with Crippen LogP contribution in [0.4, 0.5) is 15.8 Å². The Hall–Kier alpha value is -2.40. The Morgan fingerprint density at radius 1 is 1.15 bits per heavy atom. The Morgan fingerprint density at radius 2 is 1.95 bits per heavy atom. The van der Waals surface area contributed by atoms with Crippen molar-refractivity contribution in [2.45, 2.75) is 0 Å². The highest BCUT2D eigenvalue weighted by Crippen LogP contribution is 2.26. The van der Waals surface area contributed by atoms with Crippen LogP contribution in [0.25, 0.3) is 10.1 Å². The lowest BCUT2D eigenvalue weighted by molar-refractivity contribution is 0.103. The Kier molecular flexibility index (Phi) is 3.12. The second-order valence-electron chi connectivity index (χ2n) is 4.38. The molecule has 0 aliphatic carbocycles. The van der Waals surface area contributed by atoms with Gasteiger partial charge in [-0.25, -0.2) is 4.39 Å². The quantitative estimate of drug-likeness (QED) is 0.702. The van der Waals surface area contributed by atoms with Crippen LogP contribution in [0.5, 0.6) is 0 Å². The summed E-state index contributed by atoms with van der Waals surface area (Å²) < 4.78 is 14.3. The van der Waals surface area contributed by atoms with Crippen molar-refractivity contribution in [3.05, 3.63) is 59.2 Å². The molecule has 0 atom stereocenters. The van der Waals surface area contributed by atoms with Crippen LogP contribution < -0.4 is 11.1 Å². The molecule has 0 saturated heterocycles. The van der Waals surface area contributed by atoms with Crippen LogP contribution in [-0.2, 0) is 0 Å². The summed E-state index contributed by atoms with van der Waals surface area (Å²) in [4.78, 5) is 12.7. The normalized spacial score (nSPS) is 10.7. The van der Waals surface area contributed by atoms with Gasteiger partial charge in [0.25, 0.3) is 5.91 Å². The largest absolute Gasteiger partial charge is 0.399 e. The Balaban J connectivity index is 1.88. The van der Waals surface area contributed by atoms with E-state index in [0.717, 1.165) is 10.1 Å². The standard InChI is InChI=1S/C15H11FN2OS/c16-10-6-11(17)8-12(7-10)18-15(19)14-5-9-3-1-2-4-13(9)20-14/h1-8H,17H2,(H,18,19). The molecule has 5 heteroatoms. The number of halogens is 1. The van der Waals surface area contributed by atoms with E-state index in [1.807, 2.05) is 30.3 Å². The zero-order chi connectivity index (χ0) is 14.1. The van der Waals surface area contributed by atoms with Gasteiger partial charge in [-0.3, -0.25) is 4.79 Å². The van der Waals surface area contributed by atoms with Crippen molar-refractivity contribution >= 4 is 38.7 Å². The van der Waals surface area contributed by atoms with Gasteiger partial charge in [0, 0.05) is 16.1 Å². The highest BCUT2D eigenvalue weighted by Gasteiger charge is 2.11. The molecule has 3 N–H and O–H groups in total. The van der Waals surface area contributed by atoms with Gasteiger partial charge in [-0.05, 0) is 35.7 Å². The van der Waals surface area contributed by atoms with Gasteiger partial charge in [0.15, 0.2) is 0 Å². The van der Waals surface area contributed by atoms with Gasteiger partial charge in [0.05, 0.1) is 4.88 Å². The molecule has 1 aromatic heterocycles. The predicted molar refractivity (Wildman–Crippen MR) is 80.6 cm³/mol. The number of thiophene rings is 1. The van der Waals surface area contributed by atoms with Crippen molar-refractivity contribution in [1.29, 1.82) is 0 Å². The molecule has 0 aliphatic rings. The predicted octanol–water partition coefficient (Wildman–Crippen LogP) is 3.87. The molecule has 20 heavy (non-hydrogen) atoms. The lowest BCUT2D eigenvalue weighted by Crippen LogP contribution is -2.10. The minimum atomic E-state index is -0.475. The number of nitrogens with one attached hydrogen (secondary N) is 1. The average molecular weight is 286 g/mol. The minimum Gasteiger partial charge on any atom is -0.399 e. The number of amides is 1. The molecule has 0 unspecified atom stereocenters. The van der Waals surface area contributed by atoms with Gasteiger partial charge in [-0.2, -0.15) is 0 Å². The Labute approximate surface area is 118 Å². The van der Waals surface area contributed by atoms with Crippen molar-refractivity contribution in [3.63, 3.8) is 0 Å². The van der Waals surface area contributed by atoms with E-state index in [4.69, 9.17) is 5.73 Å². The van der Waals surface area contributed by atoms with Gasteiger partial charge in [0.2, 0.25) is 0 Å². The molecule has 0 radical (unpaired) electrons. The van der Waals surface area contributed by atoms with E-state index in [-0.39, 0.29) is 11.6 Å². The van der Waals surface area contributed by atoms with Crippen LogP contribution in [-0.4, -0.2) is 5.91 Å². The molecule has 0 saturated carbocycles. The first-order valence-corrected chi connectivity index (χ1v) is 6.79. The fourth-order valence-corrected chi connectivity index (χ4v) is 2.93. The van der Waals surface area contributed by atoms with E-state index < -0.39 is 5.82 Å². The summed E-state index contributed by atoms with van der Waals surface area (Å²) in [6.45, 7) is 0. The SMILES string of the molecule is Nc1cc(F)cc(NC(=O)c2cc3ccccc3s2)c1. The number of rotatable bonds is 2. The topological polar surface area (TPSA) is 55.1 Å². The molecular formula is C15H11FN2OS. The third kappa shape index (κ3) is 2.48. The van der Waals surface area contributed by atoms with Crippen molar-refractivity contribution in [2.24, 2.45) is 0 Å². The van der Waals surface area contributed by atoms with E-state index >= 15 is 0 Å². The average Bonchev–Trinajstić information content (AvgIpc) is 2.81. The molecule has 100 valence electrons. The number of nitrogen functional groups attached to an aromatic ring is 1.